The van der Waals surface area contributed by atoms with Gasteiger partial charge in [-0.25, -0.2) is 0 Å². The molecule has 54 valence electrons. The van der Waals surface area contributed by atoms with Gasteiger partial charge in [0.1, 0.15) is 0 Å². The van der Waals surface area contributed by atoms with Crippen LogP contribution in [0.5, 0.6) is 0 Å². The molecule has 1 aromatic rings. The summed E-state index contributed by atoms with van der Waals surface area (Å²) in [5.41, 5.74) is 0. The molecule has 0 saturated carbocycles. The van der Waals surface area contributed by atoms with E-state index in [1.807, 2.05) is 0 Å². The van der Waals surface area contributed by atoms with Crippen molar-refractivity contribution >= 4 is 80.4 Å². The van der Waals surface area contributed by atoms with Crippen LogP contribution in [0.25, 0.3) is 0 Å². The van der Waals surface area contributed by atoms with Crippen LogP contribution in [-0.2, 0) is 0 Å². The second-order valence-electron chi connectivity index (χ2n) is 1.72. The van der Waals surface area contributed by atoms with Crippen LogP contribution in [0.15, 0.2) is 17.0 Å². The molecule has 0 bridgehead atoms. The summed E-state index contributed by atoms with van der Waals surface area (Å²) in [6, 6.07) is 4.21. The number of halogens is 3. The first kappa shape index (κ1) is 9.85. The normalized spacial score (nSPS) is 10.0. The van der Waals surface area contributed by atoms with Gasteiger partial charge in [0.05, 0.1) is 0 Å². The largest absolute Gasteiger partial charge is 0.142 e. The lowest BCUT2D eigenvalue weighted by Crippen LogP contribution is -1.82. The SMILES string of the molecule is Sc1cc(I)c(I)cc1I. The first-order valence-corrected chi connectivity index (χ1v) is 6.13. The summed E-state index contributed by atoms with van der Waals surface area (Å²) in [5, 5.41) is 0. The van der Waals surface area contributed by atoms with Gasteiger partial charge in [0.2, 0.25) is 0 Å². The van der Waals surface area contributed by atoms with Crippen LogP contribution in [-0.4, -0.2) is 0 Å². The summed E-state index contributed by atoms with van der Waals surface area (Å²) in [4.78, 5) is 1.06. The van der Waals surface area contributed by atoms with E-state index in [2.05, 4.69) is 92.5 Å². The smallest absolute Gasteiger partial charge is 0.0275 e. The van der Waals surface area contributed by atoms with E-state index in [0.29, 0.717) is 0 Å². The average Bonchev–Trinajstić information content (AvgIpc) is 1.84. The van der Waals surface area contributed by atoms with Crippen LogP contribution in [0.4, 0.5) is 0 Å². The maximum atomic E-state index is 4.30. The highest BCUT2D eigenvalue weighted by molar-refractivity contribution is 14.1. The van der Waals surface area contributed by atoms with Crippen LogP contribution in [0, 0.1) is 10.7 Å². The van der Waals surface area contributed by atoms with Crippen molar-refractivity contribution in [3.63, 3.8) is 0 Å². The standard InChI is InChI=1S/C6H3I3S/c7-3-1-5(9)6(10)2-4(3)8/h1-2,10H. The van der Waals surface area contributed by atoms with Crippen molar-refractivity contribution in [2.45, 2.75) is 4.90 Å². The van der Waals surface area contributed by atoms with E-state index in [0.717, 1.165) is 4.90 Å². The molecule has 0 fully saturated rings. The minimum atomic E-state index is 1.06. The Balaban J connectivity index is 3.28. The lowest BCUT2D eigenvalue weighted by molar-refractivity contribution is 1.36. The molecule has 0 spiro atoms. The van der Waals surface area contributed by atoms with Gasteiger partial charge in [-0.05, 0) is 79.9 Å². The van der Waals surface area contributed by atoms with E-state index in [1.54, 1.807) is 0 Å². The maximum absolute atomic E-state index is 4.30. The van der Waals surface area contributed by atoms with Crippen molar-refractivity contribution in [2.24, 2.45) is 0 Å². The molecule has 0 saturated heterocycles. The molecule has 0 aromatic heterocycles. The van der Waals surface area contributed by atoms with Crippen molar-refractivity contribution < 1.29 is 0 Å². The highest BCUT2D eigenvalue weighted by Gasteiger charge is 1.99. The molecule has 0 radical (unpaired) electrons. The molecule has 0 nitrogen and oxygen atoms in total. The fourth-order valence-corrected chi connectivity index (χ4v) is 2.95. The quantitative estimate of drug-likeness (QED) is 0.321. The van der Waals surface area contributed by atoms with E-state index in [-0.39, 0.29) is 0 Å². The van der Waals surface area contributed by atoms with Gasteiger partial charge in [0.15, 0.2) is 0 Å². The predicted octanol–water partition coefficient (Wildman–Crippen LogP) is 3.79. The summed E-state index contributed by atoms with van der Waals surface area (Å²) in [7, 11) is 0. The van der Waals surface area contributed by atoms with E-state index >= 15 is 0 Å². The Bertz CT molecular complexity index is 209. The number of hydrogen-bond acceptors (Lipinski definition) is 1. The maximum Gasteiger partial charge on any atom is 0.0275 e. The number of rotatable bonds is 0. The molecule has 0 amide bonds. The first-order valence-electron chi connectivity index (χ1n) is 2.45. The zero-order chi connectivity index (χ0) is 7.72. The highest BCUT2D eigenvalue weighted by Crippen LogP contribution is 2.23. The number of thiol groups is 1. The number of hydrogen-bond donors (Lipinski definition) is 1. The van der Waals surface area contributed by atoms with Gasteiger partial charge < -0.3 is 0 Å². The summed E-state index contributed by atoms with van der Waals surface area (Å²) in [6.45, 7) is 0. The van der Waals surface area contributed by atoms with Crippen molar-refractivity contribution in [1.29, 1.82) is 0 Å². The molecule has 1 rings (SSSR count). The van der Waals surface area contributed by atoms with Crippen LogP contribution in [0.3, 0.4) is 0 Å². The van der Waals surface area contributed by atoms with Gasteiger partial charge in [0, 0.05) is 15.6 Å². The van der Waals surface area contributed by atoms with Crippen LogP contribution >= 0.6 is 80.4 Å². The number of benzene rings is 1. The van der Waals surface area contributed by atoms with Crippen molar-refractivity contribution in [3.05, 3.63) is 22.8 Å². The fraction of sp³-hybridized carbons (Fsp3) is 0. The van der Waals surface area contributed by atoms with Gasteiger partial charge in [-0.15, -0.1) is 12.6 Å². The summed E-state index contributed by atoms with van der Waals surface area (Å²) in [5.74, 6) is 0. The average molecular weight is 488 g/mol. The van der Waals surface area contributed by atoms with Crippen molar-refractivity contribution in [1.82, 2.24) is 0 Å². The van der Waals surface area contributed by atoms with E-state index in [9.17, 15) is 0 Å². The second-order valence-corrected chi connectivity index (χ2v) is 5.69. The molecule has 0 atom stereocenters. The van der Waals surface area contributed by atoms with E-state index in [1.165, 1.54) is 10.7 Å². The molecule has 4 heteroatoms. The minimum absolute atomic E-state index is 1.06. The zero-order valence-electron chi connectivity index (χ0n) is 4.74. The van der Waals surface area contributed by atoms with Gasteiger partial charge >= 0.3 is 0 Å². The molecular formula is C6H3I3S. The molecule has 0 heterocycles. The third-order valence-corrected chi connectivity index (χ3v) is 5.50. The summed E-state index contributed by atoms with van der Waals surface area (Å²) < 4.78 is 3.77. The molecular weight excluding hydrogens is 485 g/mol. The van der Waals surface area contributed by atoms with Gasteiger partial charge in [-0.2, -0.15) is 0 Å². The summed E-state index contributed by atoms with van der Waals surface area (Å²) >= 11 is 11.2. The Morgan fingerprint density at radius 1 is 0.900 bits per heavy atom. The third-order valence-electron chi connectivity index (χ3n) is 0.990. The van der Waals surface area contributed by atoms with E-state index in [4.69, 9.17) is 0 Å². The topological polar surface area (TPSA) is 0 Å². The lowest BCUT2D eigenvalue weighted by atomic mass is 10.4. The second kappa shape index (κ2) is 4.13. The zero-order valence-corrected chi connectivity index (χ0v) is 12.1. The van der Waals surface area contributed by atoms with Gasteiger partial charge in [0.25, 0.3) is 0 Å². The predicted molar refractivity (Wildman–Crippen MR) is 71.8 cm³/mol. The molecule has 0 aliphatic rings. The van der Waals surface area contributed by atoms with Gasteiger partial charge in [-0.1, -0.05) is 0 Å². The monoisotopic (exact) mass is 488 g/mol. The minimum Gasteiger partial charge on any atom is -0.142 e. The molecule has 10 heavy (non-hydrogen) atoms. The highest BCUT2D eigenvalue weighted by atomic mass is 127. The van der Waals surface area contributed by atoms with Crippen LogP contribution in [0.1, 0.15) is 0 Å². The Hall–Kier alpha value is 1.76. The summed E-state index contributed by atoms with van der Waals surface area (Å²) in [6.07, 6.45) is 0. The first-order chi connectivity index (χ1) is 4.61. The lowest BCUT2D eigenvalue weighted by Gasteiger charge is -1.99. The Kier molecular flexibility index (Phi) is 4.06. The Morgan fingerprint density at radius 2 is 1.40 bits per heavy atom. The van der Waals surface area contributed by atoms with Gasteiger partial charge in [-0.3, -0.25) is 0 Å². The van der Waals surface area contributed by atoms with Crippen molar-refractivity contribution in [2.75, 3.05) is 0 Å². The molecule has 0 aliphatic carbocycles. The third kappa shape index (κ3) is 2.37. The Morgan fingerprint density at radius 3 is 1.90 bits per heavy atom. The van der Waals surface area contributed by atoms with E-state index < -0.39 is 0 Å². The molecule has 0 unspecified atom stereocenters. The molecule has 0 N–H and O–H groups in total. The molecule has 1 aromatic carbocycles. The van der Waals surface area contributed by atoms with Crippen molar-refractivity contribution in [3.8, 4) is 0 Å². The van der Waals surface area contributed by atoms with Crippen LogP contribution < -0.4 is 0 Å². The molecule has 0 aliphatic heterocycles. The fourth-order valence-electron chi connectivity index (χ4n) is 0.512. The van der Waals surface area contributed by atoms with Crippen LogP contribution in [0.2, 0.25) is 0 Å². The Labute approximate surface area is 106 Å².